The van der Waals surface area contributed by atoms with E-state index >= 15 is 0 Å². The second-order valence-electron chi connectivity index (χ2n) is 9.58. The molecule has 2 aromatic carbocycles. The first-order valence-corrected chi connectivity index (χ1v) is 10.3. The average molecular weight is 375 g/mol. The van der Waals surface area contributed by atoms with Crippen LogP contribution in [0.2, 0.25) is 0 Å². The first-order chi connectivity index (χ1) is 13.6. The molecule has 1 N–H and O–H groups in total. The molecule has 2 spiro atoms. The number of carbonyl (C=O) groups excluding carboxylic acids is 1. The SMILES string of the molecule is O=C(OCC1c2ccccc2-c2ccccc21)N1CC2(C1)CC1(CC(O)C1)C2. The number of aliphatic hydroxyl groups excluding tert-OH is 1. The third-order valence-electron chi connectivity index (χ3n) is 7.48. The summed E-state index contributed by atoms with van der Waals surface area (Å²) in [5, 5.41) is 9.58. The number of hydrogen-bond acceptors (Lipinski definition) is 3. The van der Waals surface area contributed by atoms with E-state index in [1.54, 1.807) is 0 Å². The molecule has 28 heavy (non-hydrogen) atoms. The van der Waals surface area contributed by atoms with Gasteiger partial charge < -0.3 is 14.7 Å². The van der Waals surface area contributed by atoms with Gasteiger partial charge in [-0.3, -0.25) is 0 Å². The second-order valence-corrected chi connectivity index (χ2v) is 9.58. The molecule has 4 heteroatoms. The van der Waals surface area contributed by atoms with Crippen molar-refractivity contribution in [1.82, 2.24) is 4.90 Å². The van der Waals surface area contributed by atoms with Gasteiger partial charge in [-0.15, -0.1) is 0 Å². The van der Waals surface area contributed by atoms with Crippen LogP contribution in [-0.2, 0) is 4.74 Å². The first kappa shape index (κ1) is 16.6. The van der Waals surface area contributed by atoms with Crippen molar-refractivity contribution in [3.8, 4) is 11.1 Å². The average Bonchev–Trinajstić information content (AvgIpc) is 2.94. The van der Waals surface area contributed by atoms with Crippen molar-refractivity contribution in [2.45, 2.75) is 37.7 Å². The Morgan fingerprint density at radius 3 is 2.11 bits per heavy atom. The molecule has 1 aliphatic heterocycles. The molecule has 2 aromatic rings. The lowest BCUT2D eigenvalue weighted by Crippen LogP contribution is -2.69. The highest BCUT2D eigenvalue weighted by atomic mass is 16.6. The van der Waals surface area contributed by atoms with Gasteiger partial charge >= 0.3 is 6.09 Å². The zero-order chi connectivity index (χ0) is 18.9. The van der Waals surface area contributed by atoms with Gasteiger partial charge in [-0.1, -0.05) is 48.5 Å². The quantitative estimate of drug-likeness (QED) is 0.857. The third-order valence-corrected chi connectivity index (χ3v) is 7.48. The minimum atomic E-state index is -0.179. The molecule has 4 nitrogen and oxygen atoms in total. The lowest BCUT2D eigenvalue weighted by atomic mass is 9.42. The summed E-state index contributed by atoms with van der Waals surface area (Å²) >= 11 is 0. The molecule has 1 amide bonds. The molecule has 0 atom stereocenters. The van der Waals surface area contributed by atoms with Gasteiger partial charge in [-0.05, 0) is 53.4 Å². The molecule has 3 aliphatic carbocycles. The van der Waals surface area contributed by atoms with E-state index in [1.165, 1.54) is 35.1 Å². The Morgan fingerprint density at radius 2 is 1.54 bits per heavy atom. The Balaban J connectivity index is 1.09. The molecule has 2 saturated carbocycles. The predicted octanol–water partition coefficient (Wildman–Crippen LogP) is 4.17. The van der Waals surface area contributed by atoms with Crippen LogP contribution in [0.3, 0.4) is 0 Å². The summed E-state index contributed by atoms with van der Waals surface area (Å²) in [6, 6.07) is 16.8. The van der Waals surface area contributed by atoms with Crippen molar-refractivity contribution >= 4 is 6.09 Å². The summed E-state index contributed by atoms with van der Waals surface area (Å²) in [4.78, 5) is 14.5. The van der Waals surface area contributed by atoms with Crippen LogP contribution in [0.25, 0.3) is 11.1 Å². The molecule has 4 aliphatic rings. The monoisotopic (exact) mass is 375 g/mol. The van der Waals surface area contributed by atoms with E-state index in [0.717, 1.165) is 25.9 Å². The summed E-state index contributed by atoms with van der Waals surface area (Å²) in [6.07, 6.45) is 3.99. The van der Waals surface area contributed by atoms with Gasteiger partial charge in [0.05, 0.1) is 6.10 Å². The maximum Gasteiger partial charge on any atom is 0.409 e. The van der Waals surface area contributed by atoms with Crippen molar-refractivity contribution < 1.29 is 14.6 Å². The van der Waals surface area contributed by atoms with Crippen LogP contribution in [0.1, 0.15) is 42.7 Å². The Hall–Kier alpha value is -2.33. The number of carbonyl (C=O) groups is 1. The minimum absolute atomic E-state index is 0.0874. The Bertz CT molecular complexity index is 900. The summed E-state index contributed by atoms with van der Waals surface area (Å²) < 4.78 is 5.76. The zero-order valence-electron chi connectivity index (χ0n) is 15.9. The lowest BCUT2D eigenvalue weighted by Gasteiger charge is -2.68. The fourth-order valence-corrected chi connectivity index (χ4v) is 6.57. The summed E-state index contributed by atoms with van der Waals surface area (Å²) in [6.45, 7) is 2.04. The lowest BCUT2D eigenvalue weighted by molar-refractivity contribution is -0.198. The molecule has 1 heterocycles. The van der Waals surface area contributed by atoms with Gasteiger partial charge in [-0.25, -0.2) is 4.79 Å². The van der Waals surface area contributed by atoms with Crippen LogP contribution >= 0.6 is 0 Å². The van der Waals surface area contributed by atoms with E-state index in [2.05, 4.69) is 48.5 Å². The number of benzene rings is 2. The maximum absolute atomic E-state index is 12.6. The van der Waals surface area contributed by atoms with E-state index in [1.807, 2.05) is 4.90 Å². The summed E-state index contributed by atoms with van der Waals surface area (Å²) in [5.41, 5.74) is 5.72. The van der Waals surface area contributed by atoms with Crippen molar-refractivity contribution in [2.75, 3.05) is 19.7 Å². The van der Waals surface area contributed by atoms with Crippen molar-refractivity contribution in [3.63, 3.8) is 0 Å². The van der Waals surface area contributed by atoms with E-state index in [-0.39, 0.29) is 18.1 Å². The zero-order valence-corrected chi connectivity index (χ0v) is 15.9. The Labute approximate surface area is 165 Å². The van der Waals surface area contributed by atoms with E-state index in [4.69, 9.17) is 4.74 Å². The number of hydrogen-bond donors (Lipinski definition) is 1. The largest absolute Gasteiger partial charge is 0.448 e. The maximum atomic E-state index is 12.6. The number of fused-ring (bicyclic) bond motifs is 3. The van der Waals surface area contributed by atoms with Crippen LogP contribution in [-0.4, -0.2) is 41.9 Å². The topological polar surface area (TPSA) is 49.8 Å². The van der Waals surface area contributed by atoms with Gasteiger partial charge in [0.25, 0.3) is 0 Å². The second kappa shape index (κ2) is 5.60. The molecular weight excluding hydrogens is 350 g/mol. The van der Waals surface area contributed by atoms with Crippen molar-refractivity contribution in [1.29, 1.82) is 0 Å². The number of aliphatic hydroxyl groups is 1. The van der Waals surface area contributed by atoms with Crippen LogP contribution in [0.15, 0.2) is 48.5 Å². The van der Waals surface area contributed by atoms with Crippen LogP contribution in [0.4, 0.5) is 4.79 Å². The number of ether oxygens (including phenoxy) is 1. The van der Waals surface area contributed by atoms with Gasteiger partial charge in [0, 0.05) is 24.4 Å². The minimum Gasteiger partial charge on any atom is -0.448 e. The van der Waals surface area contributed by atoms with E-state index < -0.39 is 0 Å². The fourth-order valence-electron chi connectivity index (χ4n) is 6.57. The third kappa shape index (κ3) is 2.30. The molecule has 0 aromatic heterocycles. The van der Waals surface area contributed by atoms with Crippen LogP contribution in [0, 0.1) is 10.8 Å². The Morgan fingerprint density at radius 1 is 0.964 bits per heavy atom. The van der Waals surface area contributed by atoms with Crippen LogP contribution < -0.4 is 0 Å². The number of rotatable bonds is 2. The molecule has 144 valence electrons. The number of amides is 1. The first-order valence-electron chi connectivity index (χ1n) is 10.3. The van der Waals surface area contributed by atoms with Crippen LogP contribution in [0.5, 0.6) is 0 Å². The molecule has 1 saturated heterocycles. The predicted molar refractivity (Wildman–Crippen MR) is 106 cm³/mol. The molecule has 0 unspecified atom stereocenters. The van der Waals surface area contributed by atoms with Crippen molar-refractivity contribution in [3.05, 3.63) is 59.7 Å². The van der Waals surface area contributed by atoms with Gasteiger partial charge in [0.2, 0.25) is 0 Å². The van der Waals surface area contributed by atoms with Crippen molar-refractivity contribution in [2.24, 2.45) is 10.8 Å². The highest BCUT2D eigenvalue weighted by Gasteiger charge is 2.64. The molecule has 0 bridgehead atoms. The molecule has 0 radical (unpaired) electrons. The van der Waals surface area contributed by atoms with E-state index in [0.29, 0.717) is 17.4 Å². The highest BCUT2D eigenvalue weighted by Crippen LogP contribution is 2.67. The van der Waals surface area contributed by atoms with Gasteiger partial charge in [0.15, 0.2) is 0 Å². The number of likely N-dealkylation sites (tertiary alicyclic amines) is 1. The Kier molecular flexibility index (Phi) is 3.32. The molecule has 3 fully saturated rings. The molecule has 6 rings (SSSR count). The normalized spacial score (nSPS) is 23.5. The fraction of sp³-hybridized carbons (Fsp3) is 0.458. The number of nitrogens with zero attached hydrogens (tertiary/aromatic N) is 1. The molecular formula is C24H25NO3. The van der Waals surface area contributed by atoms with Gasteiger partial charge in [0.1, 0.15) is 6.61 Å². The summed E-state index contributed by atoms with van der Waals surface area (Å²) in [7, 11) is 0. The smallest absolute Gasteiger partial charge is 0.409 e. The highest BCUT2D eigenvalue weighted by molar-refractivity contribution is 5.79. The van der Waals surface area contributed by atoms with Gasteiger partial charge in [-0.2, -0.15) is 0 Å². The van der Waals surface area contributed by atoms with E-state index in [9.17, 15) is 9.90 Å². The summed E-state index contributed by atoms with van der Waals surface area (Å²) in [5.74, 6) is 0.120. The standard InChI is InChI=1S/C24H25NO3/c26-16-9-23(10-16)12-24(13-23)14-25(15-24)22(27)28-11-21-19-7-3-1-5-17(19)18-6-2-4-8-20(18)21/h1-8,16,21,26H,9-15H2.